The fourth-order valence-corrected chi connectivity index (χ4v) is 3.78. The minimum atomic E-state index is -0.777. The molecule has 1 aromatic heterocycles. The van der Waals surface area contributed by atoms with Gasteiger partial charge < -0.3 is 10.4 Å². The Morgan fingerprint density at radius 2 is 2.04 bits per heavy atom. The van der Waals surface area contributed by atoms with Crippen LogP contribution in [0.1, 0.15) is 45.9 Å². The Kier molecular flexibility index (Phi) is 4.94. The maximum absolute atomic E-state index is 12.3. The van der Waals surface area contributed by atoms with Crippen molar-refractivity contribution >= 4 is 23.2 Å². The number of benzene rings is 1. The fraction of sp³-hybridized carbons (Fsp3) is 0.389. The molecule has 2 atom stereocenters. The second-order valence-electron chi connectivity index (χ2n) is 6.31. The van der Waals surface area contributed by atoms with Crippen molar-refractivity contribution in [2.75, 3.05) is 0 Å². The number of hydrogen-bond donors (Lipinski definition) is 2. The van der Waals surface area contributed by atoms with Gasteiger partial charge in [0, 0.05) is 17.8 Å². The van der Waals surface area contributed by atoms with Crippen molar-refractivity contribution < 1.29 is 14.7 Å². The summed E-state index contributed by atoms with van der Waals surface area (Å²) in [5.41, 5.74) is 2.80. The number of carboxylic acid groups (broad SMARTS) is 1. The van der Waals surface area contributed by atoms with Crippen molar-refractivity contribution in [1.82, 2.24) is 10.3 Å². The van der Waals surface area contributed by atoms with E-state index in [4.69, 9.17) is 5.11 Å². The Balaban J connectivity index is 1.58. The molecule has 1 aliphatic rings. The van der Waals surface area contributed by atoms with E-state index in [2.05, 4.69) is 34.6 Å². The van der Waals surface area contributed by atoms with Crippen LogP contribution in [0.25, 0.3) is 0 Å². The van der Waals surface area contributed by atoms with E-state index >= 15 is 0 Å². The Hall–Kier alpha value is -2.21. The zero-order valence-corrected chi connectivity index (χ0v) is 14.3. The van der Waals surface area contributed by atoms with Crippen molar-refractivity contribution in [2.24, 2.45) is 5.92 Å². The third-order valence-electron chi connectivity index (χ3n) is 4.38. The molecule has 0 unspecified atom stereocenters. The molecule has 1 amide bonds. The number of amides is 1. The number of thiazole rings is 1. The van der Waals surface area contributed by atoms with Gasteiger partial charge >= 0.3 is 5.97 Å². The number of aliphatic carboxylic acids is 1. The number of hydrogen-bond acceptors (Lipinski definition) is 4. The first kappa shape index (κ1) is 16.6. The molecule has 1 saturated carbocycles. The maximum atomic E-state index is 12.3. The first-order valence-corrected chi connectivity index (χ1v) is 8.93. The van der Waals surface area contributed by atoms with E-state index < -0.39 is 5.97 Å². The average Bonchev–Trinajstić information content (AvgIpc) is 3.19. The summed E-state index contributed by atoms with van der Waals surface area (Å²) in [6, 6.07) is 8.20. The van der Waals surface area contributed by atoms with Crippen molar-refractivity contribution in [2.45, 2.75) is 38.6 Å². The SMILES string of the molecule is Cc1ccc(Cc2nc(C(=O)N[C@H]3CC[C@@H](C(=O)O)C3)cs2)cc1. The molecule has 2 aromatic rings. The summed E-state index contributed by atoms with van der Waals surface area (Å²) in [5.74, 6) is -1.33. The van der Waals surface area contributed by atoms with Gasteiger partial charge in [0.05, 0.1) is 10.9 Å². The molecular formula is C18H20N2O3S. The number of aromatic nitrogens is 1. The highest BCUT2D eigenvalue weighted by Crippen LogP contribution is 2.26. The minimum Gasteiger partial charge on any atom is -0.481 e. The first-order valence-electron chi connectivity index (χ1n) is 8.05. The van der Waals surface area contributed by atoms with Gasteiger partial charge in [-0.2, -0.15) is 0 Å². The summed E-state index contributed by atoms with van der Waals surface area (Å²) in [6.07, 6.45) is 2.54. The number of rotatable bonds is 5. The van der Waals surface area contributed by atoms with E-state index in [1.165, 1.54) is 22.5 Å². The first-order chi connectivity index (χ1) is 11.5. The summed E-state index contributed by atoms with van der Waals surface area (Å²) in [4.78, 5) is 27.7. The van der Waals surface area contributed by atoms with Crippen LogP contribution in [0.2, 0.25) is 0 Å². The molecule has 0 saturated heterocycles. The molecule has 0 bridgehead atoms. The molecule has 1 aliphatic carbocycles. The highest BCUT2D eigenvalue weighted by molar-refractivity contribution is 7.09. The van der Waals surface area contributed by atoms with E-state index in [9.17, 15) is 9.59 Å². The van der Waals surface area contributed by atoms with Gasteiger partial charge in [0.2, 0.25) is 0 Å². The Bertz CT molecular complexity index is 739. The molecule has 126 valence electrons. The molecule has 1 heterocycles. The van der Waals surface area contributed by atoms with E-state index in [0.717, 1.165) is 5.01 Å². The lowest BCUT2D eigenvalue weighted by molar-refractivity contribution is -0.141. The van der Waals surface area contributed by atoms with Crippen LogP contribution in [0.4, 0.5) is 0 Å². The molecule has 0 radical (unpaired) electrons. The number of nitrogens with one attached hydrogen (secondary N) is 1. The third kappa shape index (κ3) is 4.00. The van der Waals surface area contributed by atoms with Gasteiger partial charge in [0.25, 0.3) is 5.91 Å². The van der Waals surface area contributed by atoms with Gasteiger partial charge in [-0.05, 0) is 31.7 Å². The van der Waals surface area contributed by atoms with Crippen LogP contribution in [0.3, 0.4) is 0 Å². The maximum Gasteiger partial charge on any atom is 0.306 e. The zero-order valence-electron chi connectivity index (χ0n) is 13.5. The third-order valence-corrected chi connectivity index (χ3v) is 5.23. The second kappa shape index (κ2) is 7.13. The van der Waals surface area contributed by atoms with E-state index in [1.807, 2.05) is 6.92 Å². The molecular weight excluding hydrogens is 324 g/mol. The summed E-state index contributed by atoms with van der Waals surface area (Å²) >= 11 is 1.47. The standard InChI is InChI=1S/C18H20N2O3S/c1-11-2-4-12(5-3-11)8-16-20-15(10-24-16)17(21)19-14-7-6-13(9-14)18(22)23/h2-5,10,13-14H,6-9H2,1H3,(H,19,21)(H,22,23)/t13-,14+/m1/s1. The van der Waals surface area contributed by atoms with Crippen molar-refractivity contribution in [1.29, 1.82) is 0 Å². The number of carbonyl (C=O) groups is 2. The van der Waals surface area contributed by atoms with Crippen molar-refractivity contribution in [3.8, 4) is 0 Å². The Morgan fingerprint density at radius 3 is 2.71 bits per heavy atom. The van der Waals surface area contributed by atoms with Crippen molar-refractivity contribution in [3.63, 3.8) is 0 Å². The summed E-state index contributed by atoms with van der Waals surface area (Å²) < 4.78 is 0. The minimum absolute atomic E-state index is 0.0687. The quantitative estimate of drug-likeness (QED) is 0.874. The molecule has 6 heteroatoms. The molecule has 3 rings (SSSR count). The lowest BCUT2D eigenvalue weighted by Gasteiger charge is -2.10. The van der Waals surface area contributed by atoms with Gasteiger partial charge in [0.1, 0.15) is 5.69 Å². The number of carbonyl (C=O) groups excluding carboxylic acids is 1. The molecule has 0 spiro atoms. The van der Waals surface area contributed by atoms with Crippen LogP contribution < -0.4 is 5.32 Å². The predicted molar refractivity (Wildman–Crippen MR) is 92.3 cm³/mol. The Labute approximate surface area is 144 Å². The molecule has 5 nitrogen and oxygen atoms in total. The Morgan fingerprint density at radius 1 is 1.29 bits per heavy atom. The average molecular weight is 344 g/mol. The highest BCUT2D eigenvalue weighted by Gasteiger charge is 2.31. The molecule has 0 aliphatic heterocycles. The summed E-state index contributed by atoms with van der Waals surface area (Å²) in [5, 5.41) is 14.6. The summed E-state index contributed by atoms with van der Waals surface area (Å²) in [6.45, 7) is 2.05. The second-order valence-corrected chi connectivity index (χ2v) is 7.25. The lowest BCUT2D eigenvalue weighted by atomic mass is 10.1. The lowest BCUT2D eigenvalue weighted by Crippen LogP contribution is -2.33. The highest BCUT2D eigenvalue weighted by atomic mass is 32.1. The van der Waals surface area contributed by atoms with Gasteiger partial charge in [-0.1, -0.05) is 29.8 Å². The number of nitrogens with zero attached hydrogens (tertiary/aromatic N) is 1. The topological polar surface area (TPSA) is 79.3 Å². The van der Waals surface area contributed by atoms with Crippen LogP contribution >= 0.6 is 11.3 Å². The normalized spacial score (nSPS) is 20.0. The van der Waals surface area contributed by atoms with Gasteiger partial charge in [0.15, 0.2) is 0 Å². The van der Waals surface area contributed by atoms with Gasteiger partial charge in [-0.3, -0.25) is 9.59 Å². The largest absolute Gasteiger partial charge is 0.481 e. The van der Waals surface area contributed by atoms with Crippen LogP contribution in [0, 0.1) is 12.8 Å². The monoisotopic (exact) mass is 344 g/mol. The molecule has 2 N–H and O–H groups in total. The molecule has 24 heavy (non-hydrogen) atoms. The fourth-order valence-electron chi connectivity index (χ4n) is 2.97. The van der Waals surface area contributed by atoms with Gasteiger partial charge in [-0.25, -0.2) is 4.98 Å². The van der Waals surface area contributed by atoms with Gasteiger partial charge in [-0.15, -0.1) is 11.3 Å². The smallest absolute Gasteiger partial charge is 0.306 e. The molecule has 1 fully saturated rings. The number of aryl methyl sites for hydroxylation is 1. The summed E-state index contributed by atoms with van der Waals surface area (Å²) in [7, 11) is 0. The van der Waals surface area contributed by atoms with Crippen LogP contribution in [-0.2, 0) is 11.2 Å². The zero-order chi connectivity index (χ0) is 17.1. The predicted octanol–water partition coefficient (Wildman–Crippen LogP) is 3.03. The van der Waals surface area contributed by atoms with Crippen molar-refractivity contribution in [3.05, 3.63) is 51.5 Å². The molecule has 1 aromatic carbocycles. The van der Waals surface area contributed by atoms with E-state index in [1.54, 1.807) is 5.38 Å². The van der Waals surface area contributed by atoms with E-state index in [-0.39, 0.29) is 17.9 Å². The van der Waals surface area contributed by atoms with Crippen LogP contribution in [0.5, 0.6) is 0 Å². The van der Waals surface area contributed by atoms with Crippen LogP contribution in [0.15, 0.2) is 29.6 Å². The number of carboxylic acids is 1. The van der Waals surface area contributed by atoms with Crippen LogP contribution in [-0.4, -0.2) is 28.0 Å². The van der Waals surface area contributed by atoms with E-state index in [0.29, 0.717) is 31.4 Å².